The maximum absolute atomic E-state index is 5.61. The van der Waals surface area contributed by atoms with Crippen molar-refractivity contribution < 1.29 is 0 Å². The standard InChI is InChI=1S/C12H18N2.ClH/c1-10-4-5-11-3-2-7-14(8-6-13)12(11)9-10;/h4-5,9H,2-3,6-8,13H2,1H3;1H. The molecule has 0 aromatic heterocycles. The van der Waals surface area contributed by atoms with Crippen LogP contribution < -0.4 is 10.6 Å². The molecule has 0 amide bonds. The van der Waals surface area contributed by atoms with Crippen LogP contribution in [0.1, 0.15) is 17.5 Å². The molecule has 2 N–H and O–H groups in total. The Hall–Kier alpha value is -0.730. The van der Waals surface area contributed by atoms with Gasteiger partial charge in [0.05, 0.1) is 0 Å². The van der Waals surface area contributed by atoms with Gasteiger partial charge in [-0.05, 0) is 37.0 Å². The van der Waals surface area contributed by atoms with Gasteiger partial charge in [-0.1, -0.05) is 12.1 Å². The van der Waals surface area contributed by atoms with E-state index < -0.39 is 0 Å². The minimum atomic E-state index is 0. The summed E-state index contributed by atoms with van der Waals surface area (Å²) >= 11 is 0. The third kappa shape index (κ3) is 2.64. The lowest BCUT2D eigenvalue weighted by atomic mass is 10.00. The molecule has 1 aliphatic rings. The number of halogens is 1. The van der Waals surface area contributed by atoms with E-state index >= 15 is 0 Å². The Kier molecular flexibility index (Phi) is 4.43. The first-order valence-corrected chi connectivity index (χ1v) is 5.36. The van der Waals surface area contributed by atoms with E-state index in [2.05, 4.69) is 30.0 Å². The number of benzene rings is 1. The van der Waals surface area contributed by atoms with Gasteiger partial charge in [0.25, 0.3) is 0 Å². The number of hydrogen-bond donors (Lipinski definition) is 1. The molecule has 1 aromatic carbocycles. The normalized spacial score (nSPS) is 14.4. The minimum absolute atomic E-state index is 0. The molecule has 3 heteroatoms. The molecule has 0 unspecified atom stereocenters. The molecule has 0 radical (unpaired) electrons. The largest absolute Gasteiger partial charge is 0.370 e. The second-order valence-electron chi connectivity index (χ2n) is 4.01. The summed E-state index contributed by atoms with van der Waals surface area (Å²) in [5.41, 5.74) is 9.84. The van der Waals surface area contributed by atoms with E-state index in [1.54, 1.807) is 0 Å². The molecule has 1 aromatic rings. The van der Waals surface area contributed by atoms with E-state index in [-0.39, 0.29) is 12.4 Å². The van der Waals surface area contributed by atoms with Gasteiger partial charge in [0.2, 0.25) is 0 Å². The molecule has 0 atom stereocenters. The number of nitrogens with zero attached hydrogens (tertiary/aromatic N) is 1. The van der Waals surface area contributed by atoms with Gasteiger partial charge < -0.3 is 10.6 Å². The van der Waals surface area contributed by atoms with E-state index in [1.165, 1.54) is 29.7 Å². The number of rotatable bonds is 2. The van der Waals surface area contributed by atoms with Crippen molar-refractivity contribution in [1.82, 2.24) is 0 Å². The lowest BCUT2D eigenvalue weighted by Gasteiger charge is -2.31. The number of nitrogens with two attached hydrogens (primary N) is 1. The molecule has 0 saturated carbocycles. The molecular formula is C12H19ClN2. The average Bonchev–Trinajstić information content (AvgIpc) is 2.19. The van der Waals surface area contributed by atoms with Crippen LogP contribution in [0.25, 0.3) is 0 Å². The zero-order valence-electron chi connectivity index (χ0n) is 9.20. The fourth-order valence-corrected chi connectivity index (χ4v) is 2.15. The van der Waals surface area contributed by atoms with Gasteiger partial charge in [-0.25, -0.2) is 0 Å². The quantitative estimate of drug-likeness (QED) is 0.837. The zero-order chi connectivity index (χ0) is 9.97. The number of anilines is 1. The van der Waals surface area contributed by atoms with Crippen molar-refractivity contribution in [3.8, 4) is 0 Å². The van der Waals surface area contributed by atoms with Gasteiger partial charge in [-0.15, -0.1) is 12.4 Å². The van der Waals surface area contributed by atoms with Gasteiger partial charge in [0, 0.05) is 25.3 Å². The Bertz CT molecular complexity index is 325. The third-order valence-corrected chi connectivity index (χ3v) is 2.85. The summed E-state index contributed by atoms with van der Waals surface area (Å²) in [4.78, 5) is 2.41. The Labute approximate surface area is 97.9 Å². The summed E-state index contributed by atoms with van der Waals surface area (Å²) in [6.45, 7) is 5.03. The van der Waals surface area contributed by atoms with Gasteiger partial charge in [0.1, 0.15) is 0 Å². The van der Waals surface area contributed by atoms with E-state index in [9.17, 15) is 0 Å². The smallest absolute Gasteiger partial charge is 0.0401 e. The Morgan fingerprint density at radius 1 is 1.40 bits per heavy atom. The second-order valence-corrected chi connectivity index (χ2v) is 4.01. The SMILES string of the molecule is Cc1ccc2c(c1)N(CCN)CCC2.Cl. The van der Waals surface area contributed by atoms with Crippen LogP contribution in [0.5, 0.6) is 0 Å². The lowest BCUT2D eigenvalue weighted by Crippen LogP contribution is -2.33. The van der Waals surface area contributed by atoms with Crippen molar-refractivity contribution in [2.45, 2.75) is 19.8 Å². The van der Waals surface area contributed by atoms with Crippen LogP contribution in [-0.4, -0.2) is 19.6 Å². The molecular weight excluding hydrogens is 208 g/mol. The molecule has 2 rings (SSSR count). The third-order valence-electron chi connectivity index (χ3n) is 2.85. The summed E-state index contributed by atoms with van der Waals surface area (Å²) in [5, 5.41) is 0. The molecule has 15 heavy (non-hydrogen) atoms. The highest BCUT2D eigenvalue weighted by atomic mass is 35.5. The van der Waals surface area contributed by atoms with Gasteiger partial charge in [-0.2, -0.15) is 0 Å². The highest BCUT2D eigenvalue weighted by Crippen LogP contribution is 2.27. The van der Waals surface area contributed by atoms with Crippen LogP contribution in [0, 0.1) is 6.92 Å². The second kappa shape index (κ2) is 5.38. The molecule has 0 fully saturated rings. The van der Waals surface area contributed by atoms with Crippen molar-refractivity contribution in [2.75, 3.05) is 24.5 Å². The fraction of sp³-hybridized carbons (Fsp3) is 0.500. The van der Waals surface area contributed by atoms with Crippen molar-refractivity contribution >= 4 is 18.1 Å². The van der Waals surface area contributed by atoms with Crippen LogP contribution >= 0.6 is 12.4 Å². The van der Waals surface area contributed by atoms with Crippen molar-refractivity contribution in [3.63, 3.8) is 0 Å². The molecule has 0 aliphatic carbocycles. The van der Waals surface area contributed by atoms with Crippen LogP contribution in [0.3, 0.4) is 0 Å². The lowest BCUT2D eigenvalue weighted by molar-refractivity contribution is 0.691. The van der Waals surface area contributed by atoms with E-state index in [4.69, 9.17) is 5.73 Å². The Balaban J connectivity index is 0.00000112. The molecule has 0 spiro atoms. The van der Waals surface area contributed by atoms with Crippen LogP contribution in [0.4, 0.5) is 5.69 Å². The van der Waals surface area contributed by atoms with Crippen LogP contribution in [0.2, 0.25) is 0 Å². The summed E-state index contributed by atoms with van der Waals surface area (Å²) in [6.07, 6.45) is 2.48. The molecule has 2 nitrogen and oxygen atoms in total. The predicted octanol–water partition coefficient (Wildman–Crippen LogP) is 2.13. The first-order valence-electron chi connectivity index (χ1n) is 5.36. The van der Waals surface area contributed by atoms with E-state index in [0.717, 1.165) is 19.6 Å². The topological polar surface area (TPSA) is 29.3 Å². The highest BCUT2D eigenvalue weighted by Gasteiger charge is 2.15. The zero-order valence-corrected chi connectivity index (χ0v) is 10.0. The summed E-state index contributed by atoms with van der Waals surface area (Å²) in [7, 11) is 0. The van der Waals surface area contributed by atoms with Gasteiger partial charge in [-0.3, -0.25) is 0 Å². The summed E-state index contributed by atoms with van der Waals surface area (Å²) in [5.74, 6) is 0. The summed E-state index contributed by atoms with van der Waals surface area (Å²) < 4.78 is 0. The monoisotopic (exact) mass is 226 g/mol. The maximum Gasteiger partial charge on any atom is 0.0401 e. The number of aryl methyl sites for hydroxylation is 2. The highest BCUT2D eigenvalue weighted by molar-refractivity contribution is 5.85. The fourth-order valence-electron chi connectivity index (χ4n) is 2.15. The average molecular weight is 227 g/mol. The molecule has 1 heterocycles. The van der Waals surface area contributed by atoms with Crippen molar-refractivity contribution in [1.29, 1.82) is 0 Å². The number of hydrogen-bond acceptors (Lipinski definition) is 2. The molecule has 0 bridgehead atoms. The summed E-state index contributed by atoms with van der Waals surface area (Å²) in [6, 6.07) is 6.74. The van der Waals surface area contributed by atoms with E-state index in [0.29, 0.717) is 0 Å². The maximum atomic E-state index is 5.61. The Morgan fingerprint density at radius 3 is 2.93 bits per heavy atom. The minimum Gasteiger partial charge on any atom is -0.370 e. The van der Waals surface area contributed by atoms with Crippen molar-refractivity contribution in [3.05, 3.63) is 29.3 Å². The molecule has 84 valence electrons. The van der Waals surface area contributed by atoms with Crippen LogP contribution in [0.15, 0.2) is 18.2 Å². The first kappa shape index (κ1) is 12.3. The van der Waals surface area contributed by atoms with Crippen LogP contribution in [-0.2, 0) is 6.42 Å². The van der Waals surface area contributed by atoms with E-state index in [1.807, 2.05) is 0 Å². The molecule has 0 saturated heterocycles. The molecule has 1 aliphatic heterocycles. The number of fused-ring (bicyclic) bond motifs is 1. The van der Waals surface area contributed by atoms with Gasteiger partial charge >= 0.3 is 0 Å². The first-order chi connectivity index (χ1) is 6.81. The Morgan fingerprint density at radius 2 is 2.20 bits per heavy atom. The van der Waals surface area contributed by atoms with Gasteiger partial charge in [0.15, 0.2) is 0 Å². The predicted molar refractivity (Wildman–Crippen MR) is 68.0 cm³/mol. The van der Waals surface area contributed by atoms with Crippen molar-refractivity contribution in [2.24, 2.45) is 5.73 Å².